The number of nitrogens with zero attached hydrogens (tertiary/aromatic N) is 3. The van der Waals surface area contributed by atoms with Crippen LogP contribution >= 0.6 is 11.3 Å². The van der Waals surface area contributed by atoms with Crippen molar-refractivity contribution in [3.63, 3.8) is 0 Å². The molecule has 0 bridgehead atoms. The monoisotopic (exact) mass is 571 g/mol. The lowest BCUT2D eigenvalue weighted by Gasteiger charge is -2.42. The molecule has 0 amide bonds. The SMILES string of the molecule is CCOC(=O)c1sc(Cc2ccccc2N2CC3(CCN(CC(C)(C)C)CC3)c3ccccc32)nc1C(F)(F)F. The number of hydrogen-bond acceptors (Lipinski definition) is 6. The lowest BCUT2D eigenvalue weighted by atomic mass is 9.74. The number of ether oxygens (including phenoxy) is 1. The third-order valence-electron chi connectivity index (χ3n) is 7.76. The molecule has 0 unspecified atom stereocenters. The van der Waals surface area contributed by atoms with Gasteiger partial charge in [-0.1, -0.05) is 57.2 Å². The Kier molecular flexibility index (Phi) is 7.74. The van der Waals surface area contributed by atoms with Crippen LogP contribution in [0.3, 0.4) is 0 Å². The number of para-hydroxylation sites is 2. The van der Waals surface area contributed by atoms with Crippen LogP contribution < -0.4 is 4.90 Å². The van der Waals surface area contributed by atoms with Gasteiger partial charge in [0.2, 0.25) is 0 Å². The van der Waals surface area contributed by atoms with Gasteiger partial charge >= 0.3 is 12.1 Å². The molecule has 0 atom stereocenters. The van der Waals surface area contributed by atoms with Crippen LogP contribution in [0, 0.1) is 5.41 Å². The van der Waals surface area contributed by atoms with Crippen LogP contribution in [0.25, 0.3) is 0 Å². The van der Waals surface area contributed by atoms with E-state index in [1.54, 1.807) is 6.92 Å². The zero-order valence-electron chi connectivity index (χ0n) is 23.5. The Bertz CT molecular complexity index is 1370. The van der Waals surface area contributed by atoms with Crippen LogP contribution in [-0.2, 0) is 22.7 Å². The standard InChI is InChI=1S/C31H36F3N3O2S/c1-5-39-28(38)26-27(31(32,33)34)35-25(40-26)18-21-10-6-8-12-23(21)37-20-30(22-11-7-9-13-24(22)37)14-16-36(17-15-30)19-29(2,3)4/h6-13H,5,14-20H2,1-4H3. The molecule has 0 aliphatic carbocycles. The van der Waals surface area contributed by atoms with E-state index in [1.807, 2.05) is 30.3 Å². The lowest BCUT2D eigenvalue weighted by molar-refractivity contribution is -0.141. The van der Waals surface area contributed by atoms with E-state index in [9.17, 15) is 18.0 Å². The molecule has 0 radical (unpaired) electrons. The average Bonchev–Trinajstić information content (AvgIpc) is 3.46. The highest BCUT2D eigenvalue weighted by Gasteiger charge is 2.45. The number of fused-ring (bicyclic) bond motifs is 2. The molecule has 1 saturated heterocycles. The summed E-state index contributed by atoms with van der Waals surface area (Å²) >= 11 is 0.763. The van der Waals surface area contributed by atoms with E-state index in [4.69, 9.17) is 4.74 Å². The Hall–Kier alpha value is -2.91. The highest BCUT2D eigenvalue weighted by atomic mass is 32.1. The summed E-state index contributed by atoms with van der Waals surface area (Å²) in [4.78, 5) is 20.6. The van der Waals surface area contributed by atoms with Gasteiger partial charge in [-0.05, 0) is 61.5 Å². The lowest BCUT2D eigenvalue weighted by Crippen LogP contribution is -2.46. The van der Waals surface area contributed by atoms with E-state index in [0.717, 1.165) is 67.3 Å². The Morgan fingerprint density at radius 1 is 1.02 bits per heavy atom. The largest absolute Gasteiger partial charge is 0.462 e. The van der Waals surface area contributed by atoms with Crippen LogP contribution in [0.1, 0.15) is 72.0 Å². The fraction of sp³-hybridized carbons (Fsp3) is 0.484. The van der Waals surface area contributed by atoms with Crippen molar-refractivity contribution < 1.29 is 22.7 Å². The fourth-order valence-corrected chi connectivity index (χ4v) is 7.14. The summed E-state index contributed by atoms with van der Waals surface area (Å²) in [5.41, 5.74) is 3.44. The number of rotatable bonds is 6. The summed E-state index contributed by atoms with van der Waals surface area (Å²) in [7, 11) is 0. The number of alkyl halides is 3. The number of aromatic nitrogens is 1. The Labute approximate surface area is 238 Å². The predicted molar refractivity (Wildman–Crippen MR) is 153 cm³/mol. The highest BCUT2D eigenvalue weighted by molar-refractivity contribution is 7.13. The van der Waals surface area contributed by atoms with E-state index in [-0.39, 0.29) is 28.9 Å². The van der Waals surface area contributed by atoms with Gasteiger partial charge in [0.15, 0.2) is 5.69 Å². The number of likely N-dealkylation sites (tertiary alicyclic amines) is 1. The van der Waals surface area contributed by atoms with Crippen LogP contribution in [0.5, 0.6) is 0 Å². The van der Waals surface area contributed by atoms with Crippen LogP contribution in [0.4, 0.5) is 24.5 Å². The zero-order chi connectivity index (χ0) is 28.7. The van der Waals surface area contributed by atoms with E-state index in [0.29, 0.717) is 0 Å². The fourth-order valence-electron chi connectivity index (χ4n) is 6.14. The maximum Gasteiger partial charge on any atom is 0.435 e. The molecule has 214 valence electrons. The van der Waals surface area contributed by atoms with Crippen molar-refractivity contribution in [3.05, 3.63) is 75.2 Å². The van der Waals surface area contributed by atoms with Crippen LogP contribution in [0.15, 0.2) is 48.5 Å². The van der Waals surface area contributed by atoms with Gasteiger partial charge in [-0.25, -0.2) is 9.78 Å². The summed E-state index contributed by atoms with van der Waals surface area (Å²) in [6, 6.07) is 16.4. The van der Waals surface area contributed by atoms with Gasteiger partial charge in [0.05, 0.1) is 11.6 Å². The molecular weight excluding hydrogens is 535 g/mol. The molecule has 0 N–H and O–H groups in total. The minimum Gasteiger partial charge on any atom is -0.462 e. The molecule has 1 aromatic heterocycles. The molecule has 5 rings (SSSR count). The van der Waals surface area contributed by atoms with E-state index in [1.165, 1.54) is 5.56 Å². The number of piperidine rings is 1. The van der Waals surface area contributed by atoms with E-state index < -0.39 is 22.7 Å². The van der Waals surface area contributed by atoms with Crippen molar-refractivity contribution in [3.8, 4) is 0 Å². The minimum atomic E-state index is -4.74. The number of anilines is 2. The molecule has 40 heavy (non-hydrogen) atoms. The molecule has 1 fully saturated rings. The molecule has 2 aliphatic heterocycles. The second-order valence-electron chi connectivity index (χ2n) is 12.0. The molecular formula is C31H36F3N3O2S. The summed E-state index contributed by atoms with van der Waals surface area (Å²) in [5.74, 6) is -0.986. The first-order valence-electron chi connectivity index (χ1n) is 13.8. The second kappa shape index (κ2) is 10.8. The summed E-state index contributed by atoms with van der Waals surface area (Å²) in [5, 5.41) is 0.237. The maximum atomic E-state index is 13.7. The van der Waals surface area contributed by atoms with Crippen molar-refractivity contribution >= 4 is 28.7 Å². The number of carbonyl (C=O) groups is 1. The summed E-state index contributed by atoms with van der Waals surface area (Å²) in [6.45, 7) is 12.4. The molecule has 0 saturated carbocycles. The first-order valence-corrected chi connectivity index (χ1v) is 14.6. The van der Waals surface area contributed by atoms with E-state index in [2.05, 4.69) is 53.8 Å². The van der Waals surface area contributed by atoms with Crippen LogP contribution in [0.2, 0.25) is 0 Å². The predicted octanol–water partition coefficient (Wildman–Crippen LogP) is 7.46. The normalized spacial score (nSPS) is 17.3. The van der Waals surface area contributed by atoms with Gasteiger partial charge in [0.1, 0.15) is 4.88 Å². The molecule has 3 heterocycles. The molecule has 2 aliphatic rings. The summed E-state index contributed by atoms with van der Waals surface area (Å²) in [6.07, 6.45) is -2.43. The van der Waals surface area contributed by atoms with Crippen molar-refractivity contribution in [1.29, 1.82) is 0 Å². The van der Waals surface area contributed by atoms with Crippen LogP contribution in [-0.4, -0.2) is 48.6 Å². The van der Waals surface area contributed by atoms with Crippen molar-refractivity contribution in [1.82, 2.24) is 9.88 Å². The molecule has 9 heteroatoms. The number of thiazole rings is 1. The Morgan fingerprint density at radius 3 is 2.33 bits per heavy atom. The number of halogens is 3. The topological polar surface area (TPSA) is 45.7 Å². The van der Waals surface area contributed by atoms with Gasteiger partial charge in [-0.3, -0.25) is 0 Å². The number of benzene rings is 2. The quantitative estimate of drug-likeness (QED) is 0.288. The Morgan fingerprint density at radius 2 is 1.68 bits per heavy atom. The first-order chi connectivity index (χ1) is 18.9. The van der Waals surface area contributed by atoms with Gasteiger partial charge in [-0.15, -0.1) is 11.3 Å². The van der Waals surface area contributed by atoms with Gasteiger partial charge in [0, 0.05) is 36.3 Å². The first kappa shape index (κ1) is 28.6. The van der Waals surface area contributed by atoms with Crippen molar-refractivity contribution in [2.45, 2.75) is 58.5 Å². The maximum absolute atomic E-state index is 13.7. The highest BCUT2D eigenvalue weighted by Crippen LogP contribution is 2.50. The van der Waals surface area contributed by atoms with Gasteiger partial charge in [-0.2, -0.15) is 13.2 Å². The smallest absolute Gasteiger partial charge is 0.435 e. The van der Waals surface area contributed by atoms with Crippen molar-refractivity contribution in [2.75, 3.05) is 37.7 Å². The molecule has 5 nitrogen and oxygen atoms in total. The number of hydrogen-bond donors (Lipinski definition) is 0. The third kappa shape index (κ3) is 5.77. The molecule has 3 aromatic rings. The van der Waals surface area contributed by atoms with Gasteiger partial charge in [0.25, 0.3) is 0 Å². The number of carbonyl (C=O) groups excluding carboxylic acids is 1. The molecule has 1 spiro atoms. The third-order valence-corrected chi connectivity index (χ3v) is 8.80. The van der Waals surface area contributed by atoms with E-state index >= 15 is 0 Å². The Balaban J connectivity index is 1.45. The summed E-state index contributed by atoms with van der Waals surface area (Å²) < 4.78 is 46.1. The van der Waals surface area contributed by atoms with Gasteiger partial charge < -0.3 is 14.5 Å². The minimum absolute atomic E-state index is 0.00369. The average molecular weight is 572 g/mol. The number of esters is 1. The van der Waals surface area contributed by atoms with Crippen molar-refractivity contribution in [2.24, 2.45) is 5.41 Å². The molecule has 2 aromatic carbocycles. The zero-order valence-corrected chi connectivity index (χ0v) is 24.3. The second-order valence-corrected chi connectivity index (χ2v) is 13.1.